The van der Waals surface area contributed by atoms with Crippen molar-refractivity contribution in [3.63, 3.8) is 0 Å². The van der Waals surface area contributed by atoms with Crippen LogP contribution in [-0.4, -0.2) is 24.2 Å². The van der Waals surface area contributed by atoms with Gasteiger partial charge >= 0.3 is 0 Å². The fraction of sp³-hybridized carbons (Fsp3) is 0.385. The highest BCUT2D eigenvalue weighted by Crippen LogP contribution is 2.34. The predicted molar refractivity (Wildman–Crippen MR) is 71.7 cm³/mol. The first-order valence-electron chi connectivity index (χ1n) is 5.66. The van der Waals surface area contributed by atoms with E-state index in [1.165, 1.54) is 0 Å². The van der Waals surface area contributed by atoms with E-state index in [2.05, 4.69) is 9.97 Å². The number of hydrogen-bond donors (Lipinski definition) is 0. The van der Waals surface area contributed by atoms with Crippen molar-refractivity contribution < 1.29 is 9.47 Å². The largest absolute Gasteiger partial charge is 0.493 e. The highest BCUT2D eigenvalue weighted by molar-refractivity contribution is 6.34. The summed E-state index contributed by atoms with van der Waals surface area (Å²) in [6.45, 7) is 4.05. The van der Waals surface area contributed by atoms with Gasteiger partial charge < -0.3 is 9.47 Å². The van der Waals surface area contributed by atoms with Crippen LogP contribution in [0.15, 0.2) is 12.1 Å². The van der Waals surface area contributed by atoms with Crippen LogP contribution in [0.3, 0.4) is 0 Å². The van der Waals surface area contributed by atoms with E-state index < -0.39 is 0 Å². The molecule has 2 aromatic rings. The standard InChI is InChI=1S/C13H15ClN2O2/c1-7(2)13-15-9-6-11(18-4)10(17-3)5-8(9)12(14)16-13/h5-7H,1-4H3. The molecule has 0 N–H and O–H groups in total. The normalized spacial score (nSPS) is 11.0. The molecule has 0 spiro atoms. The lowest BCUT2D eigenvalue weighted by atomic mass is 10.1. The van der Waals surface area contributed by atoms with E-state index in [4.69, 9.17) is 21.1 Å². The molecule has 1 aromatic heterocycles. The molecule has 2 rings (SSSR count). The summed E-state index contributed by atoms with van der Waals surface area (Å²) in [5.41, 5.74) is 0.761. The van der Waals surface area contributed by atoms with Gasteiger partial charge in [-0.05, 0) is 6.07 Å². The molecule has 0 amide bonds. The molecule has 0 saturated carbocycles. The topological polar surface area (TPSA) is 44.2 Å². The molecule has 0 bridgehead atoms. The molecule has 0 fully saturated rings. The maximum absolute atomic E-state index is 6.18. The Labute approximate surface area is 111 Å². The quantitative estimate of drug-likeness (QED) is 0.799. The molecule has 0 atom stereocenters. The maximum atomic E-state index is 6.18. The molecular formula is C13H15ClN2O2. The van der Waals surface area contributed by atoms with Crippen LogP contribution < -0.4 is 9.47 Å². The number of hydrogen-bond acceptors (Lipinski definition) is 4. The molecule has 0 saturated heterocycles. The third-order valence-electron chi connectivity index (χ3n) is 2.69. The minimum atomic E-state index is 0.222. The van der Waals surface area contributed by atoms with E-state index in [1.807, 2.05) is 19.9 Å². The summed E-state index contributed by atoms with van der Waals surface area (Å²) in [5.74, 6) is 2.20. The summed E-state index contributed by atoms with van der Waals surface area (Å²) in [7, 11) is 3.18. The number of aromatic nitrogens is 2. The van der Waals surface area contributed by atoms with Crippen LogP contribution in [0.1, 0.15) is 25.6 Å². The number of benzene rings is 1. The summed E-state index contributed by atoms with van der Waals surface area (Å²) in [6.07, 6.45) is 0. The third kappa shape index (κ3) is 2.20. The van der Waals surface area contributed by atoms with Crippen molar-refractivity contribution >= 4 is 22.5 Å². The molecule has 4 nitrogen and oxygen atoms in total. The monoisotopic (exact) mass is 266 g/mol. The minimum absolute atomic E-state index is 0.222. The van der Waals surface area contributed by atoms with Gasteiger partial charge in [0.15, 0.2) is 11.5 Å². The lowest BCUT2D eigenvalue weighted by Crippen LogP contribution is -1.99. The highest BCUT2D eigenvalue weighted by Gasteiger charge is 2.13. The fourth-order valence-electron chi connectivity index (χ4n) is 1.69. The Balaban J connectivity index is 2.72. The Morgan fingerprint density at radius 3 is 2.22 bits per heavy atom. The Kier molecular flexibility index (Phi) is 3.57. The van der Waals surface area contributed by atoms with Gasteiger partial charge in [0.2, 0.25) is 0 Å². The van der Waals surface area contributed by atoms with Crippen LogP contribution >= 0.6 is 11.6 Å². The summed E-state index contributed by atoms with van der Waals surface area (Å²) in [6, 6.07) is 3.61. The van der Waals surface area contributed by atoms with Crippen LogP contribution in [0.4, 0.5) is 0 Å². The molecule has 1 heterocycles. The van der Waals surface area contributed by atoms with E-state index in [0.29, 0.717) is 16.7 Å². The first-order valence-corrected chi connectivity index (χ1v) is 6.03. The van der Waals surface area contributed by atoms with Crippen molar-refractivity contribution in [3.05, 3.63) is 23.1 Å². The van der Waals surface area contributed by atoms with Crippen molar-refractivity contribution in [1.82, 2.24) is 9.97 Å². The van der Waals surface area contributed by atoms with Crippen LogP contribution in [0.2, 0.25) is 5.15 Å². The van der Waals surface area contributed by atoms with Crippen molar-refractivity contribution in [3.8, 4) is 11.5 Å². The van der Waals surface area contributed by atoms with Crippen molar-refractivity contribution in [2.24, 2.45) is 0 Å². The highest BCUT2D eigenvalue weighted by atomic mass is 35.5. The first kappa shape index (κ1) is 12.9. The van der Waals surface area contributed by atoms with Gasteiger partial charge in [-0.3, -0.25) is 0 Å². The zero-order valence-electron chi connectivity index (χ0n) is 10.8. The third-order valence-corrected chi connectivity index (χ3v) is 2.98. The average molecular weight is 267 g/mol. The van der Waals surface area contributed by atoms with Crippen molar-refractivity contribution in [2.45, 2.75) is 19.8 Å². The van der Waals surface area contributed by atoms with Crippen LogP contribution in [0.25, 0.3) is 10.9 Å². The lowest BCUT2D eigenvalue weighted by Gasteiger charge is -2.11. The van der Waals surface area contributed by atoms with E-state index in [9.17, 15) is 0 Å². The molecule has 5 heteroatoms. The summed E-state index contributed by atoms with van der Waals surface area (Å²) in [5, 5.41) is 1.20. The number of methoxy groups -OCH3 is 2. The van der Waals surface area contributed by atoms with E-state index in [1.54, 1.807) is 20.3 Å². The fourth-order valence-corrected chi connectivity index (χ4v) is 1.93. The molecule has 0 unspecified atom stereocenters. The van der Waals surface area contributed by atoms with Gasteiger partial charge in [-0.2, -0.15) is 0 Å². The zero-order chi connectivity index (χ0) is 13.3. The number of halogens is 1. The minimum Gasteiger partial charge on any atom is -0.493 e. The van der Waals surface area contributed by atoms with Gasteiger partial charge in [0.25, 0.3) is 0 Å². The second-order valence-electron chi connectivity index (χ2n) is 4.25. The number of nitrogens with zero attached hydrogens (tertiary/aromatic N) is 2. The summed E-state index contributed by atoms with van der Waals surface area (Å²) >= 11 is 6.18. The molecule has 0 aliphatic carbocycles. The van der Waals surface area contributed by atoms with Gasteiger partial charge in [-0.15, -0.1) is 0 Å². The van der Waals surface area contributed by atoms with E-state index >= 15 is 0 Å². The van der Waals surface area contributed by atoms with E-state index in [0.717, 1.165) is 16.7 Å². The zero-order valence-corrected chi connectivity index (χ0v) is 11.6. The van der Waals surface area contributed by atoms with Gasteiger partial charge in [0, 0.05) is 17.4 Å². The van der Waals surface area contributed by atoms with Crippen molar-refractivity contribution in [2.75, 3.05) is 14.2 Å². The van der Waals surface area contributed by atoms with Crippen LogP contribution in [-0.2, 0) is 0 Å². The van der Waals surface area contributed by atoms with Gasteiger partial charge in [-0.25, -0.2) is 9.97 Å². The summed E-state index contributed by atoms with van der Waals surface area (Å²) < 4.78 is 10.5. The molecule has 0 aliphatic rings. The predicted octanol–water partition coefficient (Wildman–Crippen LogP) is 3.42. The second-order valence-corrected chi connectivity index (χ2v) is 4.61. The molecule has 18 heavy (non-hydrogen) atoms. The molecule has 96 valence electrons. The number of ether oxygens (including phenoxy) is 2. The Bertz CT molecular complexity index is 585. The van der Waals surface area contributed by atoms with Gasteiger partial charge in [-0.1, -0.05) is 25.4 Å². The Morgan fingerprint density at radius 1 is 1.06 bits per heavy atom. The Morgan fingerprint density at radius 2 is 1.67 bits per heavy atom. The molecular weight excluding hydrogens is 252 g/mol. The smallest absolute Gasteiger partial charge is 0.162 e. The van der Waals surface area contributed by atoms with Crippen molar-refractivity contribution in [1.29, 1.82) is 0 Å². The second kappa shape index (κ2) is 4.98. The first-order chi connectivity index (χ1) is 8.56. The molecule has 1 aromatic carbocycles. The van der Waals surface area contributed by atoms with Crippen LogP contribution in [0, 0.1) is 0 Å². The van der Waals surface area contributed by atoms with E-state index in [-0.39, 0.29) is 5.92 Å². The molecule has 0 radical (unpaired) electrons. The number of rotatable bonds is 3. The van der Waals surface area contributed by atoms with Crippen LogP contribution in [0.5, 0.6) is 11.5 Å². The number of fused-ring (bicyclic) bond motifs is 1. The average Bonchev–Trinajstić information content (AvgIpc) is 2.36. The van der Waals surface area contributed by atoms with Gasteiger partial charge in [0.05, 0.1) is 19.7 Å². The van der Waals surface area contributed by atoms with Gasteiger partial charge in [0.1, 0.15) is 11.0 Å². The Hall–Kier alpha value is -1.55. The SMILES string of the molecule is COc1cc2nc(C(C)C)nc(Cl)c2cc1OC. The summed E-state index contributed by atoms with van der Waals surface area (Å²) in [4.78, 5) is 8.78. The maximum Gasteiger partial charge on any atom is 0.162 e. The lowest BCUT2D eigenvalue weighted by molar-refractivity contribution is 0.355. The molecule has 0 aliphatic heterocycles.